The topological polar surface area (TPSA) is 98.2 Å². The fourth-order valence-electron chi connectivity index (χ4n) is 3.03. The molecule has 2 aromatic rings. The van der Waals surface area contributed by atoms with E-state index in [1.165, 1.54) is 18.2 Å². The molecule has 0 aliphatic carbocycles. The maximum atomic E-state index is 12.4. The first-order valence-electron chi connectivity index (χ1n) is 8.66. The monoisotopic (exact) mass is 400 g/mol. The third kappa shape index (κ3) is 4.91. The second kappa shape index (κ2) is 8.05. The van der Waals surface area contributed by atoms with Crippen LogP contribution in [0.4, 0.5) is 19.1 Å². The first-order chi connectivity index (χ1) is 13.2. The quantitative estimate of drug-likeness (QED) is 0.800. The first-order valence-corrected chi connectivity index (χ1v) is 8.66. The molecule has 152 valence electrons. The highest BCUT2D eigenvalue weighted by molar-refractivity contribution is 5.35. The molecule has 3 rings (SSSR count). The van der Waals surface area contributed by atoms with Crippen LogP contribution in [-0.2, 0) is 4.74 Å². The van der Waals surface area contributed by atoms with E-state index in [1.54, 1.807) is 13.0 Å². The summed E-state index contributed by atoms with van der Waals surface area (Å²) in [6, 6.07) is 4.57. The normalized spacial score (nSPS) is 16.6. The molecule has 11 heteroatoms. The van der Waals surface area contributed by atoms with Crippen molar-refractivity contribution in [3.8, 4) is 5.75 Å². The smallest absolute Gasteiger partial charge is 0.406 e. The van der Waals surface area contributed by atoms with Gasteiger partial charge in [0.15, 0.2) is 0 Å². The largest absolute Gasteiger partial charge is 0.573 e. The highest BCUT2D eigenvalue weighted by Gasteiger charge is 2.31. The molecule has 1 saturated heterocycles. The first kappa shape index (κ1) is 19.9. The number of hydrogen-bond donors (Lipinski definition) is 2. The number of alkyl halides is 3. The Kier molecular flexibility index (Phi) is 5.73. The van der Waals surface area contributed by atoms with E-state index in [1.807, 2.05) is 0 Å². The number of ether oxygens (including phenoxy) is 2. The lowest BCUT2D eigenvalue weighted by Gasteiger charge is -2.23. The molecular formula is C17H19F3N4O4. The molecule has 0 unspecified atom stereocenters. The Hall–Kier alpha value is -2.82. The molecule has 28 heavy (non-hydrogen) atoms. The second-order valence-electron chi connectivity index (χ2n) is 6.37. The van der Waals surface area contributed by atoms with Crippen molar-refractivity contribution in [2.75, 3.05) is 18.5 Å². The van der Waals surface area contributed by atoms with Crippen molar-refractivity contribution in [2.45, 2.75) is 38.2 Å². The predicted octanol–water partition coefficient (Wildman–Crippen LogP) is 2.35. The van der Waals surface area contributed by atoms with Gasteiger partial charge in [-0.05, 0) is 37.5 Å². The number of halogens is 3. The summed E-state index contributed by atoms with van der Waals surface area (Å²) in [5.41, 5.74) is -0.840. The molecule has 1 aromatic heterocycles. The summed E-state index contributed by atoms with van der Waals surface area (Å²) < 4.78 is 47.3. The van der Waals surface area contributed by atoms with Crippen LogP contribution in [0, 0.1) is 0 Å². The van der Waals surface area contributed by atoms with Gasteiger partial charge in [0.1, 0.15) is 5.75 Å². The Balaban J connectivity index is 1.77. The average molecular weight is 400 g/mol. The van der Waals surface area contributed by atoms with Gasteiger partial charge in [0.05, 0.1) is 6.04 Å². The van der Waals surface area contributed by atoms with E-state index in [0.717, 1.165) is 4.57 Å². The Morgan fingerprint density at radius 3 is 2.68 bits per heavy atom. The number of benzene rings is 1. The predicted molar refractivity (Wildman–Crippen MR) is 93.4 cm³/mol. The second-order valence-corrected chi connectivity index (χ2v) is 6.37. The van der Waals surface area contributed by atoms with Crippen molar-refractivity contribution in [1.82, 2.24) is 14.5 Å². The van der Waals surface area contributed by atoms with Crippen LogP contribution < -0.4 is 21.4 Å². The molecule has 1 aromatic carbocycles. The lowest BCUT2D eigenvalue weighted by molar-refractivity contribution is -0.274. The summed E-state index contributed by atoms with van der Waals surface area (Å²) in [7, 11) is 0. The maximum Gasteiger partial charge on any atom is 0.573 e. The molecule has 1 aliphatic rings. The fraction of sp³-hybridized carbons (Fsp3) is 0.471. The van der Waals surface area contributed by atoms with Crippen LogP contribution >= 0.6 is 0 Å². The molecule has 2 heterocycles. The zero-order valence-electron chi connectivity index (χ0n) is 15.0. The number of anilines is 1. The van der Waals surface area contributed by atoms with Gasteiger partial charge in [-0.25, -0.2) is 14.2 Å². The van der Waals surface area contributed by atoms with E-state index in [4.69, 9.17) is 4.74 Å². The minimum atomic E-state index is -4.79. The Morgan fingerprint density at radius 1 is 1.32 bits per heavy atom. The van der Waals surface area contributed by atoms with Crippen molar-refractivity contribution in [3.05, 3.63) is 50.8 Å². The molecule has 1 aliphatic heterocycles. The molecule has 0 saturated carbocycles. The van der Waals surface area contributed by atoms with Crippen molar-refractivity contribution >= 4 is 5.95 Å². The molecular weight excluding hydrogens is 381 g/mol. The van der Waals surface area contributed by atoms with E-state index in [2.05, 4.69) is 20.0 Å². The van der Waals surface area contributed by atoms with Gasteiger partial charge in [-0.3, -0.25) is 4.98 Å². The molecule has 1 atom stereocenters. The number of nitrogens with zero attached hydrogens (tertiary/aromatic N) is 2. The molecule has 0 amide bonds. The number of hydrogen-bond acceptors (Lipinski definition) is 6. The van der Waals surface area contributed by atoms with Gasteiger partial charge in [-0.2, -0.15) is 4.98 Å². The minimum absolute atomic E-state index is 0.0621. The molecule has 8 nitrogen and oxygen atoms in total. The highest BCUT2D eigenvalue weighted by Crippen LogP contribution is 2.26. The van der Waals surface area contributed by atoms with Crippen molar-refractivity contribution in [1.29, 1.82) is 0 Å². The van der Waals surface area contributed by atoms with Crippen LogP contribution in [0.3, 0.4) is 0 Å². The van der Waals surface area contributed by atoms with Gasteiger partial charge in [-0.15, -0.1) is 13.2 Å². The SMILES string of the molecule is C[C@H](Nc1nc(=O)n(C2CCOCC2)c(=O)[nH]1)c1cccc(OC(F)(F)F)c1. The fourth-order valence-corrected chi connectivity index (χ4v) is 3.03. The summed E-state index contributed by atoms with van der Waals surface area (Å²) in [6.07, 6.45) is -3.71. The summed E-state index contributed by atoms with van der Waals surface area (Å²) in [4.78, 5) is 31.0. The average Bonchev–Trinajstić information content (AvgIpc) is 2.61. The zero-order chi connectivity index (χ0) is 20.3. The van der Waals surface area contributed by atoms with Gasteiger partial charge in [0.25, 0.3) is 0 Å². The van der Waals surface area contributed by atoms with E-state index in [-0.39, 0.29) is 17.7 Å². The Morgan fingerprint density at radius 2 is 2.04 bits per heavy atom. The summed E-state index contributed by atoms with van der Waals surface area (Å²) in [6.45, 7) is 2.57. The lowest BCUT2D eigenvalue weighted by atomic mass is 10.1. The van der Waals surface area contributed by atoms with Gasteiger partial charge in [0.2, 0.25) is 5.95 Å². The van der Waals surface area contributed by atoms with Gasteiger partial charge in [0, 0.05) is 19.3 Å². The number of aromatic nitrogens is 3. The summed E-state index contributed by atoms with van der Waals surface area (Å²) in [5.74, 6) is -0.428. The van der Waals surface area contributed by atoms with Crippen molar-refractivity contribution in [3.63, 3.8) is 0 Å². The van der Waals surface area contributed by atoms with Gasteiger partial charge >= 0.3 is 17.7 Å². The molecule has 0 spiro atoms. The van der Waals surface area contributed by atoms with E-state index >= 15 is 0 Å². The zero-order valence-corrected chi connectivity index (χ0v) is 15.0. The van der Waals surface area contributed by atoms with Crippen LogP contribution in [0.5, 0.6) is 5.75 Å². The van der Waals surface area contributed by atoms with Crippen LogP contribution in [-0.4, -0.2) is 34.1 Å². The van der Waals surface area contributed by atoms with Crippen LogP contribution in [0.1, 0.15) is 37.4 Å². The van der Waals surface area contributed by atoms with E-state index in [0.29, 0.717) is 31.6 Å². The summed E-state index contributed by atoms with van der Waals surface area (Å²) in [5, 5.41) is 2.82. The van der Waals surface area contributed by atoms with Gasteiger partial charge < -0.3 is 14.8 Å². The van der Waals surface area contributed by atoms with E-state index in [9.17, 15) is 22.8 Å². The van der Waals surface area contributed by atoms with Crippen LogP contribution in [0.15, 0.2) is 33.9 Å². The van der Waals surface area contributed by atoms with Crippen LogP contribution in [0.2, 0.25) is 0 Å². The third-order valence-electron chi connectivity index (χ3n) is 4.36. The van der Waals surface area contributed by atoms with Gasteiger partial charge in [-0.1, -0.05) is 12.1 Å². The lowest BCUT2D eigenvalue weighted by Crippen LogP contribution is -2.42. The van der Waals surface area contributed by atoms with Crippen molar-refractivity contribution < 1.29 is 22.6 Å². The third-order valence-corrected chi connectivity index (χ3v) is 4.36. The minimum Gasteiger partial charge on any atom is -0.406 e. The molecule has 1 fully saturated rings. The molecule has 0 bridgehead atoms. The Labute approximate surface area is 157 Å². The molecule has 0 radical (unpaired) electrons. The van der Waals surface area contributed by atoms with E-state index < -0.39 is 23.8 Å². The number of rotatable bonds is 5. The van der Waals surface area contributed by atoms with Crippen LogP contribution in [0.25, 0.3) is 0 Å². The summed E-state index contributed by atoms with van der Waals surface area (Å²) >= 11 is 0. The number of aromatic amines is 1. The highest BCUT2D eigenvalue weighted by atomic mass is 19.4. The number of nitrogens with one attached hydrogen (secondary N) is 2. The van der Waals surface area contributed by atoms with Crippen molar-refractivity contribution in [2.24, 2.45) is 0 Å². The maximum absolute atomic E-state index is 12.4. The molecule has 2 N–H and O–H groups in total. The number of H-pyrrole nitrogens is 1. The Bertz CT molecular complexity index is 904. The standard InChI is InChI=1S/C17H19F3N4O4/c1-10(11-3-2-4-13(9-11)28-17(18,19)20)21-14-22-15(25)24(16(26)23-14)12-5-7-27-8-6-12/h2-4,9-10,12H,5-8H2,1H3,(H2,21,22,23,25,26)/t10-/m0/s1.